The van der Waals surface area contributed by atoms with Crippen LogP contribution in [0.3, 0.4) is 0 Å². The lowest BCUT2D eigenvalue weighted by atomic mass is 10.2. The van der Waals surface area contributed by atoms with E-state index in [0.29, 0.717) is 31.2 Å². The van der Waals surface area contributed by atoms with Gasteiger partial charge in [-0.05, 0) is 43.7 Å². The average molecular weight is 437 g/mol. The van der Waals surface area contributed by atoms with Crippen LogP contribution in [0.4, 0.5) is 5.69 Å². The van der Waals surface area contributed by atoms with Crippen molar-refractivity contribution in [3.8, 4) is 11.5 Å². The number of amides is 1. The molecule has 2 aromatic rings. The number of aliphatic hydroxyl groups is 1. The van der Waals surface area contributed by atoms with Crippen LogP contribution < -0.4 is 20.1 Å². The maximum Gasteiger partial charge on any atom is 0.262 e. The number of benzene rings is 2. The summed E-state index contributed by atoms with van der Waals surface area (Å²) >= 11 is 3.51. The minimum Gasteiger partial charge on any atom is -0.490 e. The van der Waals surface area contributed by atoms with Gasteiger partial charge in [-0.1, -0.05) is 33.6 Å². The molecule has 0 heterocycles. The van der Waals surface area contributed by atoms with Crippen LogP contribution in [0, 0.1) is 6.92 Å². The van der Waals surface area contributed by atoms with E-state index in [9.17, 15) is 4.79 Å². The number of anilines is 1. The van der Waals surface area contributed by atoms with Gasteiger partial charge in [-0.15, -0.1) is 0 Å². The van der Waals surface area contributed by atoms with Crippen molar-refractivity contribution in [2.75, 3.05) is 31.7 Å². The molecule has 0 saturated carbocycles. The molecule has 0 aliphatic heterocycles. The Morgan fingerprint density at radius 2 is 1.85 bits per heavy atom. The summed E-state index contributed by atoms with van der Waals surface area (Å²) in [6.45, 7) is 5.40. The predicted octanol–water partition coefficient (Wildman–Crippen LogP) is 3.26. The first kappa shape index (κ1) is 21.2. The third-order valence-electron chi connectivity index (χ3n) is 3.71. The summed E-state index contributed by atoms with van der Waals surface area (Å²) in [6.07, 6.45) is 0. The van der Waals surface area contributed by atoms with Gasteiger partial charge < -0.3 is 25.2 Å². The fraction of sp³-hybridized carbons (Fsp3) is 0.350. The summed E-state index contributed by atoms with van der Waals surface area (Å²) in [5.41, 5.74) is 2.83. The smallest absolute Gasteiger partial charge is 0.262 e. The number of carbonyl (C=O) groups is 1. The zero-order valence-corrected chi connectivity index (χ0v) is 17.1. The molecule has 3 N–H and O–H groups in total. The van der Waals surface area contributed by atoms with Crippen molar-refractivity contribution < 1.29 is 19.4 Å². The molecule has 0 aliphatic carbocycles. The standard InChI is InChI=1S/C20H25BrN2O4/c1-3-26-18-10-15(12-22-8-9-24)17(21)11-19(18)27-13-20(25)23-16-6-4-14(2)5-7-16/h4-7,10-11,22,24H,3,8-9,12-13H2,1-2H3,(H,23,25). The molecule has 0 saturated heterocycles. The Balaban J connectivity index is 2.02. The molecule has 0 fully saturated rings. The Kier molecular flexibility index (Phi) is 8.57. The van der Waals surface area contributed by atoms with Crippen LogP contribution in [0.15, 0.2) is 40.9 Å². The highest BCUT2D eigenvalue weighted by atomic mass is 79.9. The van der Waals surface area contributed by atoms with Crippen molar-refractivity contribution in [2.24, 2.45) is 0 Å². The van der Waals surface area contributed by atoms with E-state index in [0.717, 1.165) is 21.3 Å². The molecule has 0 radical (unpaired) electrons. The maximum absolute atomic E-state index is 12.1. The van der Waals surface area contributed by atoms with Crippen LogP contribution in [0.5, 0.6) is 11.5 Å². The molecule has 2 aromatic carbocycles. The zero-order chi connectivity index (χ0) is 19.6. The van der Waals surface area contributed by atoms with Crippen LogP contribution in [-0.4, -0.2) is 37.4 Å². The Morgan fingerprint density at radius 1 is 1.15 bits per heavy atom. The number of hydrogen-bond acceptors (Lipinski definition) is 5. The molecule has 0 aromatic heterocycles. The third kappa shape index (κ3) is 6.86. The van der Waals surface area contributed by atoms with Crippen molar-refractivity contribution in [3.63, 3.8) is 0 Å². The Hall–Kier alpha value is -2.09. The van der Waals surface area contributed by atoms with Gasteiger partial charge in [0.1, 0.15) is 0 Å². The fourth-order valence-electron chi connectivity index (χ4n) is 2.37. The second kappa shape index (κ2) is 10.9. The summed E-state index contributed by atoms with van der Waals surface area (Å²) in [7, 11) is 0. The molecule has 0 aliphatic rings. The molecule has 0 unspecified atom stereocenters. The van der Waals surface area contributed by atoms with Crippen molar-refractivity contribution in [2.45, 2.75) is 20.4 Å². The first-order valence-corrected chi connectivity index (χ1v) is 9.59. The van der Waals surface area contributed by atoms with Gasteiger partial charge in [0.2, 0.25) is 0 Å². The highest BCUT2D eigenvalue weighted by Crippen LogP contribution is 2.34. The van der Waals surface area contributed by atoms with Crippen molar-refractivity contribution >= 4 is 27.5 Å². The number of rotatable bonds is 10. The number of halogens is 1. The number of carbonyl (C=O) groups excluding carboxylic acids is 1. The molecule has 146 valence electrons. The summed E-state index contributed by atoms with van der Waals surface area (Å²) < 4.78 is 12.2. The van der Waals surface area contributed by atoms with Crippen molar-refractivity contribution in [1.82, 2.24) is 5.32 Å². The molecule has 2 rings (SSSR count). The molecule has 0 bridgehead atoms. The first-order chi connectivity index (χ1) is 13.0. The minimum atomic E-state index is -0.244. The van der Waals surface area contributed by atoms with E-state index < -0.39 is 0 Å². The van der Waals surface area contributed by atoms with E-state index in [1.54, 1.807) is 6.07 Å². The summed E-state index contributed by atoms with van der Waals surface area (Å²) in [6, 6.07) is 11.2. The van der Waals surface area contributed by atoms with Gasteiger partial charge in [-0.2, -0.15) is 0 Å². The van der Waals surface area contributed by atoms with Crippen molar-refractivity contribution in [1.29, 1.82) is 0 Å². The van der Waals surface area contributed by atoms with Gasteiger partial charge >= 0.3 is 0 Å². The second-order valence-corrected chi connectivity index (χ2v) is 6.78. The predicted molar refractivity (Wildman–Crippen MR) is 109 cm³/mol. The number of hydrogen-bond donors (Lipinski definition) is 3. The van der Waals surface area contributed by atoms with Gasteiger partial charge in [-0.25, -0.2) is 0 Å². The SMILES string of the molecule is CCOc1cc(CNCCO)c(Br)cc1OCC(=O)Nc1ccc(C)cc1. The molecular formula is C20H25BrN2O4. The second-order valence-electron chi connectivity index (χ2n) is 5.93. The minimum absolute atomic E-state index is 0.0766. The molecule has 6 nitrogen and oxygen atoms in total. The lowest BCUT2D eigenvalue weighted by molar-refractivity contribution is -0.118. The van der Waals surface area contributed by atoms with E-state index in [-0.39, 0.29) is 19.1 Å². The van der Waals surface area contributed by atoms with Crippen LogP contribution in [0.1, 0.15) is 18.1 Å². The monoisotopic (exact) mass is 436 g/mol. The molecule has 0 atom stereocenters. The quantitative estimate of drug-likeness (QED) is 0.498. The van der Waals surface area contributed by atoms with E-state index in [1.165, 1.54) is 0 Å². The number of aryl methyl sites for hydroxylation is 1. The molecule has 27 heavy (non-hydrogen) atoms. The van der Waals surface area contributed by atoms with Gasteiger partial charge in [0.15, 0.2) is 18.1 Å². The third-order valence-corrected chi connectivity index (χ3v) is 4.45. The van der Waals surface area contributed by atoms with Gasteiger partial charge in [0, 0.05) is 23.2 Å². The Morgan fingerprint density at radius 3 is 2.52 bits per heavy atom. The van der Waals surface area contributed by atoms with Crippen LogP contribution >= 0.6 is 15.9 Å². The number of ether oxygens (including phenoxy) is 2. The Bertz CT molecular complexity index is 750. The van der Waals surface area contributed by atoms with Gasteiger partial charge in [0.05, 0.1) is 13.2 Å². The zero-order valence-electron chi connectivity index (χ0n) is 15.5. The number of nitrogens with one attached hydrogen (secondary N) is 2. The molecule has 7 heteroatoms. The fourth-order valence-corrected chi connectivity index (χ4v) is 2.84. The van der Waals surface area contributed by atoms with Gasteiger partial charge in [-0.3, -0.25) is 4.79 Å². The summed E-state index contributed by atoms with van der Waals surface area (Å²) in [4.78, 5) is 12.1. The van der Waals surface area contributed by atoms with E-state index in [2.05, 4.69) is 26.6 Å². The van der Waals surface area contributed by atoms with E-state index in [1.807, 2.05) is 44.2 Å². The van der Waals surface area contributed by atoms with Crippen molar-refractivity contribution in [3.05, 3.63) is 52.0 Å². The van der Waals surface area contributed by atoms with Crippen LogP contribution in [0.25, 0.3) is 0 Å². The summed E-state index contributed by atoms with van der Waals surface area (Å²) in [5.74, 6) is 0.824. The topological polar surface area (TPSA) is 79.8 Å². The lowest BCUT2D eigenvalue weighted by Gasteiger charge is -2.15. The molecule has 1 amide bonds. The maximum atomic E-state index is 12.1. The highest BCUT2D eigenvalue weighted by Gasteiger charge is 2.13. The van der Waals surface area contributed by atoms with E-state index in [4.69, 9.17) is 14.6 Å². The summed E-state index contributed by atoms with van der Waals surface area (Å²) in [5, 5.41) is 14.8. The lowest BCUT2D eigenvalue weighted by Crippen LogP contribution is -2.20. The largest absolute Gasteiger partial charge is 0.490 e. The van der Waals surface area contributed by atoms with Crippen LogP contribution in [0.2, 0.25) is 0 Å². The highest BCUT2D eigenvalue weighted by molar-refractivity contribution is 9.10. The molecule has 0 spiro atoms. The van der Waals surface area contributed by atoms with Crippen LogP contribution in [-0.2, 0) is 11.3 Å². The average Bonchev–Trinajstić information content (AvgIpc) is 2.65. The Labute approximate surface area is 168 Å². The van der Waals surface area contributed by atoms with E-state index >= 15 is 0 Å². The molecular weight excluding hydrogens is 412 g/mol. The van der Waals surface area contributed by atoms with Gasteiger partial charge in [0.25, 0.3) is 5.91 Å². The normalized spacial score (nSPS) is 10.5. The number of aliphatic hydroxyl groups excluding tert-OH is 1. The first-order valence-electron chi connectivity index (χ1n) is 8.79.